The maximum atomic E-state index is 13.8. The van der Waals surface area contributed by atoms with Gasteiger partial charge in [0.2, 0.25) is 0 Å². The quantitative estimate of drug-likeness (QED) is 0.869. The van der Waals surface area contributed by atoms with E-state index in [2.05, 4.69) is 10.4 Å². The molecule has 1 amide bonds. The van der Waals surface area contributed by atoms with E-state index in [1.165, 1.54) is 10.7 Å². The van der Waals surface area contributed by atoms with Crippen LogP contribution in [0.5, 0.6) is 0 Å². The molecule has 0 spiro atoms. The number of benzene rings is 1. The molecular formula is C13H15FN4O. The third-order valence-electron chi connectivity index (χ3n) is 2.94. The molecule has 2 rings (SSSR count). The molecule has 0 aliphatic heterocycles. The first kappa shape index (κ1) is 13.1. The van der Waals surface area contributed by atoms with Gasteiger partial charge in [0.1, 0.15) is 5.82 Å². The Morgan fingerprint density at radius 1 is 1.42 bits per heavy atom. The molecular weight excluding hydrogens is 247 g/mol. The zero-order valence-electron chi connectivity index (χ0n) is 11.0. The van der Waals surface area contributed by atoms with Crippen molar-refractivity contribution in [3.63, 3.8) is 0 Å². The molecule has 0 atom stereocenters. The van der Waals surface area contributed by atoms with Gasteiger partial charge in [-0.2, -0.15) is 5.10 Å². The molecule has 0 saturated heterocycles. The van der Waals surface area contributed by atoms with Gasteiger partial charge in [-0.25, -0.2) is 4.39 Å². The second-order valence-electron chi connectivity index (χ2n) is 4.36. The van der Waals surface area contributed by atoms with Gasteiger partial charge in [-0.1, -0.05) is 12.1 Å². The van der Waals surface area contributed by atoms with Crippen molar-refractivity contribution in [2.75, 3.05) is 11.1 Å². The Bertz CT molecular complexity index is 648. The molecule has 0 bridgehead atoms. The Hall–Kier alpha value is -2.37. The van der Waals surface area contributed by atoms with Gasteiger partial charge in [0.15, 0.2) is 5.82 Å². The van der Waals surface area contributed by atoms with E-state index in [9.17, 15) is 9.18 Å². The summed E-state index contributed by atoms with van der Waals surface area (Å²) in [5.74, 6) is -0.711. The third kappa shape index (κ3) is 2.29. The van der Waals surface area contributed by atoms with Gasteiger partial charge in [0, 0.05) is 7.05 Å². The van der Waals surface area contributed by atoms with Crippen LogP contribution in [0.15, 0.2) is 18.2 Å². The van der Waals surface area contributed by atoms with Crippen LogP contribution in [-0.2, 0) is 7.05 Å². The van der Waals surface area contributed by atoms with Crippen LogP contribution in [0.3, 0.4) is 0 Å². The summed E-state index contributed by atoms with van der Waals surface area (Å²) in [6.07, 6.45) is 0. The summed E-state index contributed by atoms with van der Waals surface area (Å²) in [6.45, 7) is 3.34. The molecule has 0 radical (unpaired) electrons. The number of halogens is 1. The number of rotatable bonds is 2. The van der Waals surface area contributed by atoms with Crippen molar-refractivity contribution in [2.45, 2.75) is 13.8 Å². The standard InChI is InChI=1S/C13H15FN4O/c1-7-5-4-6-9(10(7)14)13(19)16-12-11(15)8(2)17-18(12)3/h4-6H,15H2,1-3H3,(H,16,19). The lowest BCUT2D eigenvalue weighted by Crippen LogP contribution is -2.17. The number of aryl methyl sites for hydroxylation is 3. The van der Waals surface area contributed by atoms with Crippen LogP contribution in [0, 0.1) is 19.7 Å². The van der Waals surface area contributed by atoms with E-state index in [4.69, 9.17) is 5.73 Å². The number of carbonyl (C=O) groups is 1. The number of aromatic nitrogens is 2. The third-order valence-corrected chi connectivity index (χ3v) is 2.94. The molecule has 0 aliphatic rings. The highest BCUT2D eigenvalue weighted by atomic mass is 19.1. The second kappa shape index (κ2) is 4.72. The molecule has 2 aromatic rings. The molecule has 0 fully saturated rings. The van der Waals surface area contributed by atoms with Gasteiger partial charge in [0.05, 0.1) is 16.9 Å². The van der Waals surface area contributed by atoms with Crippen LogP contribution in [0.25, 0.3) is 0 Å². The molecule has 5 nitrogen and oxygen atoms in total. The predicted molar refractivity (Wildman–Crippen MR) is 71.4 cm³/mol. The monoisotopic (exact) mass is 262 g/mol. The number of nitrogen functional groups attached to an aromatic ring is 1. The van der Waals surface area contributed by atoms with Gasteiger partial charge < -0.3 is 11.1 Å². The van der Waals surface area contributed by atoms with Crippen molar-refractivity contribution in [3.8, 4) is 0 Å². The lowest BCUT2D eigenvalue weighted by atomic mass is 10.1. The van der Waals surface area contributed by atoms with Gasteiger partial charge in [0.25, 0.3) is 5.91 Å². The number of hydrogen-bond acceptors (Lipinski definition) is 3. The Morgan fingerprint density at radius 2 is 2.11 bits per heavy atom. The number of anilines is 2. The zero-order valence-corrected chi connectivity index (χ0v) is 11.0. The smallest absolute Gasteiger partial charge is 0.259 e. The minimum Gasteiger partial charge on any atom is -0.394 e. The molecule has 0 unspecified atom stereocenters. The number of hydrogen-bond donors (Lipinski definition) is 2. The van der Waals surface area contributed by atoms with Gasteiger partial charge >= 0.3 is 0 Å². The van der Waals surface area contributed by atoms with Crippen molar-refractivity contribution in [1.82, 2.24) is 9.78 Å². The number of carbonyl (C=O) groups excluding carboxylic acids is 1. The first-order valence-corrected chi connectivity index (χ1v) is 5.77. The summed E-state index contributed by atoms with van der Waals surface area (Å²) >= 11 is 0. The van der Waals surface area contributed by atoms with Gasteiger partial charge in [-0.3, -0.25) is 9.48 Å². The van der Waals surface area contributed by atoms with Gasteiger partial charge in [-0.15, -0.1) is 0 Å². The fourth-order valence-electron chi connectivity index (χ4n) is 1.82. The average Bonchev–Trinajstić information content (AvgIpc) is 2.59. The fraction of sp³-hybridized carbons (Fsp3) is 0.231. The first-order chi connectivity index (χ1) is 8.91. The maximum Gasteiger partial charge on any atom is 0.259 e. The van der Waals surface area contributed by atoms with Crippen molar-refractivity contribution >= 4 is 17.4 Å². The van der Waals surface area contributed by atoms with E-state index in [0.717, 1.165) is 0 Å². The zero-order chi connectivity index (χ0) is 14.2. The van der Waals surface area contributed by atoms with Crippen LogP contribution in [-0.4, -0.2) is 15.7 Å². The maximum absolute atomic E-state index is 13.8. The van der Waals surface area contributed by atoms with Crippen LogP contribution >= 0.6 is 0 Å². The number of nitrogens with zero attached hydrogens (tertiary/aromatic N) is 2. The number of nitrogens with two attached hydrogens (primary N) is 1. The SMILES string of the molecule is Cc1cccc(C(=O)Nc2c(N)c(C)nn2C)c1F. The fourth-order valence-corrected chi connectivity index (χ4v) is 1.82. The van der Waals surface area contributed by atoms with Crippen molar-refractivity contribution in [1.29, 1.82) is 0 Å². The lowest BCUT2D eigenvalue weighted by molar-refractivity contribution is 0.102. The molecule has 3 N–H and O–H groups in total. The van der Waals surface area contributed by atoms with Crippen LogP contribution < -0.4 is 11.1 Å². The molecule has 100 valence electrons. The second-order valence-corrected chi connectivity index (χ2v) is 4.36. The summed E-state index contributed by atoms with van der Waals surface area (Å²) in [5.41, 5.74) is 7.20. The van der Waals surface area contributed by atoms with Crippen molar-refractivity contribution in [2.24, 2.45) is 7.05 Å². The van der Waals surface area contributed by atoms with Crippen molar-refractivity contribution < 1.29 is 9.18 Å². The van der Waals surface area contributed by atoms with E-state index in [0.29, 0.717) is 22.8 Å². The van der Waals surface area contributed by atoms with Crippen molar-refractivity contribution in [3.05, 3.63) is 40.8 Å². The van der Waals surface area contributed by atoms with E-state index >= 15 is 0 Å². The van der Waals surface area contributed by atoms with E-state index in [1.54, 1.807) is 33.0 Å². The van der Waals surface area contributed by atoms with Crippen LogP contribution in [0.4, 0.5) is 15.9 Å². The highest BCUT2D eigenvalue weighted by molar-refractivity contribution is 6.05. The Balaban J connectivity index is 2.34. The molecule has 6 heteroatoms. The Labute approximate surface area is 110 Å². The van der Waals surface area contributed by atoms with E-state index in [1.807, 2.05) is 0 Å². The molecule has 0 saturated carbocycles. The molecule has 1 aromatic carbocycles. The molecule has 1 aromatic heterocycles. The highest BCUT2D eigenvalue weighted by Gasteiger charge is 2.17. The van der Waals surface area contributed by atoms with Crippen LogP contribution in [0.2, 0.25) is 0 Å². The summed E-state index contributed by atoms with van der Waals surface area (Å²) < 4.78 is 15.3. The Morgan fingerprint density at radius 3 is 2.68 bits per heavy atom. The highest BCUT2D eigenvalue weighted by Crippen LogP contribution is 2.22. The summed E-state index contributed by atoms with van der Waals surface area (Å²) in [7, 11) is 1.66. The topological polar surface area (TPSA) is 72.9 Å². The van der Waals surface area contributed by atoms with E-state index < -0.39 is 11.7 Å². The number of nitrogens with one attached hydrogen (secondary N) is 1. The van der Waals surface area contributed by atoms with E-state index in [-0.39, 0.29) is 5.56 Å². The summed E-state index contributed by atoms with van der Waals surface area (Å²) in [4.78, 5) is 12.1. The predicted octanol–water partition coefficient (Wildman–Crippen LogP) is 2.01. The van der Waals surface area contributed by atoms with Crippen LogP contribution in [0.1, 0.15) is 21.6 Å². The first-order valence-electron chi connectivity index (χ1n) is 5.77. The van der Waals surface area contributed by atoms with Gasteiger partial charge in [-0.05, 0) is 25.5 Å². The molecule has 19 heavy (non-hydrogen) atoms. The average molecular weight is 262 g/mol. The summed E-state index contributed by atoms with van der Waals surface area (Å²) in [6, 6.07) is 4.66. The Kier molecular flexibility index (Phi) is 3.25. The molecule has 1 heterocycles. The number of amides is 1. The molecule has 0 aliphatic carbocycles. The minimum atomic E-state index is -0.545. The normalized spacial score (nSPS) is 10.5. The minimum absolute atomic E-state index is 0.0155. The lowest BCUT2D eigenvalue weighted by Gasteiger charge is -2.08. The summed E-state index contributed by atoms with van der Waals surface area (Å²) in [5, 5.41) is 6.66. The largest absolute Gasteiger partial charge is 0.394 e.